The van der Waals surface area contributed by atoms with Crippen LogP contribution in [0, 0.1) is 12.8 Å². The van der Waals surface area contributed by atoms with E-state index in [9.17, 15) is 13.2 Å². The molecule has 1 aromatic heterocycles. The van der Waals surface area contributed by atoms with Crippen molar-refractivity contribution in [3.05, 3.63) is 15.8 Å². The summed E-state index contributed by atoms with van der Waals surface area (Å²) in [5.74, 6) is 0.320. The van der Waals surface area contributed by atoms with E-state index in [1.54, 1.807) is 6.92 Å². The van der Waals surface area contributed by atoms with Crippen molar-refractivity contribution >= 4 is 37.0 Å². The molecule has 4 nitrogen and oxygen atoms in total. The van der Waals surface area contributed by atoms with Gasteiger partial charge in [-0.2, -0.15) is 0 Å². The summed E-state index contributed by atoms with van der Waals surface area (Å²) in [4.78, 5) is 13.0. The maximum Gasteiger partial charge on any atom is 0.262 e. The molecule has 1 unspecified atom stereocenters. The molecule has 2 rings (SSSR count). The minimum absolute atomic E-state index is 0.0283. The number of carbonyl (C=O) groups is 1. The summed E-state index contributed by atoms with van der Waals surface area (Å²) in [5, 5.41) is 2.92. The van der Waals surface area contributed by atoms with E-state index in [4.69, 9.17) is 10.7 Å². The maximum absolute atomic E-state index is 12.1. The van der Waals surface area contributed by atoms with E-state index < -0.39 is 9.05 Å². The summed E-state index contributed by atoms with van der Waals surface area (Å²) >= 11 is 1.15. The van der Waals surface area contributed by atoms with E-state index in [0.717, 1.165) is 24.2 Å². The van der Waals surface area contributed by atoms with Gasteiger partial charge in [-0.1, -0.05) is 6.42 Å². The molecule has 0 saturated heterocycles. The van der Waals surface area contributed by atoms with Gasteiger partial charge in [0.05, 0.1) is 9.77 Å². The fraction of sp³-hybridized carbons (Fsp3) is 0.583. The van der Waals surface area contributed by atoms with Crippen LogP contribution >= 0.6 is 22.0 Å². The number of rotatable bonds is 4. The Morgan fingerprint density at radius 1 is 1.53 bits per heavy atom. The number of thiophene rings is 1. The topological polar surface area (TPSA) is 63.2 Å². The minimum atomic E-state index is -3.78. The lowest BCUT2D eigenvalue weighted by Gasteiger charge is -2.31. The van der Waals surface area contributed by atoms with Crippen LogP contribution in [-0.4, -0.2) is 20.4 Å². The third-order valence-electron chi connectivity index (χ3n) is 3.57. The predicted octanol–water partition coefficient (Wildman–Crippen LogP) is 2.90. The highest BCUT2D eigenvalue weighted by Crippen LogP contribution is 2.31. The van der Waals surface area contributed by atoms with E-state index in [1.165, 1.54) is 12.5 Å². The van der Waals surface area contributed by atoms with Gasteiger partial charge in [0, 0.05) is 21.6 Å². The van der Waals surface area contributed by atoms with Crippen molar-refractivity contribution in [3.8, 4) is 0 Å². The monoisotopic (exact) mass is 321 g/mol. The number of hydrogen-bond donors (Lipinski definition) is 1. The van der Waals surface area contributed by atoms with Crippen molar-refractivity contribution in [2.75, 3.05) is 0 Å². The van der Waals surface area contributed by atoms with Crippen LogP contribution in [0.4, 0.5) is 0 Å². The average Bonchev–Trinajstić information content (AvgIpc) is 2.56. The van der Waals surface area contributed by atoms with Crippen LogP contribution in [0.3, 0.4) is 0 Å². The van der Waals surface area contributed by atoms with Crippen LogP contribution in [0.15, 0.2) is 11.0 Å². The second-order valence-electron chi connectivity index (χ2n) is 4.92. The number of amides is 1. The highest BCUT2D eigenvalue weighted by atomic mass is 35.7. The van der Waals surface area contributed by atoms with Crippen LogP contribution in [0.1, 0.15) is 40.7 Å². The highest BCUT2D eigenvalue weighted by Gasteiger charge is 2.26. The van der Waals surface area contributed by atoms with Gasteiger partial charge in [0.2, 0.25) is 0 Å². The first kappa shape index (κ1) is 14.8. The lowest BCUT2D eigenvalue weighted by Crippen LogP contribution is -2.40. The zero-order valence-corrected chi connectivity index (χ0v) is 13.2. The van der Waals surface area contributed by atoms with Gasteiger partial charge < -0.3 is 5.32 Å². The normalized spacial score (nSPS) is 17.8. The number of hydrogen-bond acceptors (Lipinski definition) is 4. The molecule has 7 heteroatoms. The lowest BCUT2D eigenvalue weighted by atomic mass is 9.80. The first-order valence-corrected chi connectivity index (χ1v) is 9.27. The Bertz CT molecular complexity index is 590. The zero-order valence-electron chi connectivity index (χ0n) is 10.8. The second kappa shape index (κ2) is 5.42. The lowest BCUT2D eigenvalue weighted by molar-refractivity contribution is 0.0913. The van der Waals surface area contributed by atoms with Crippen molar-refractivity contribution in [1.29, 1.82) is 0 Å². The SMILES string of the molecule is Cc1sc(C(=O)NC(C)C2CCC2)cc1S(=O)(=O)Cl. The standard InChI is InChI=1S/C12H16ClNO3S2/c1-7(9-4-3-5-9)14-12(15)10-6-11(8(2)18-10)19(13,16)17/h6-7,9H,3-5H2,1-2H3,(H,14,15). The molecule has 1 N–H and O–H groups in total. The molecular weight excluding hydrogens is 306 g/mol. The average molecular weight is 322 g/mol. The third-order valence-corrected chi connectivity index (χ3v) is 6.20. The summed E-state index contributed by atoms with van der Waals surface area (Å²) in [6.07, 6.45) is 3.51. The van der Waals surface area contributed by atoms with Crippen molar-refractivity contribution in [2.24, 2.45) is 5.92 Å². The van der Waals surface area contributed by atoms with E-state index in [0.29, 0.717) is 15.7 Å². The fourth-order valence-electron chi connectivity index (χ4n) is 2.15. The maximum atomic E-state index is 12.1. The smallest absolute Gasteiger partial charge is 0.262 e. The zero-order chi connectivity index (χ0) is 14.2. The van der Waals surface area contributed by atoms with E-state index in [1.807, 2.05) is 6.92 Å². The van der Waals surface area contributed by atoms with Crippen LogP contribution in [0.2, 0.25) is 0 Å². The molecule has 0 radical (unpaired) electrons. The molecule has 1 aliphatic carbocycles. The van der Waals surface area contributed by atoms with Gasteiger partial charge in [-0.3, -0.25) is 4.79 Å². The van der Waals surface area contributed by atoms with Crippen molar-refractivity contribution in [2.45, 2.75) is 44.0 Å². The Labute approximate surface area is 121 Å². The van der Waals surface area contributed by atoms with Crippen molar-refractivity contribution in [1.82, 2.24) is 5.32 Å². The fourth-order valence-corrected chi connectivity index (χ4v) is 4.72. The Kier molecular flexibility index (Phi) is 4.23. The third kappa shape index (κ3) is 3.30. The summed E-state index contributed by atoms with van der Waals surface area (Å²) < 4.78 is 22.6. The van der Waals surface area contributed by atoms with Crippen LogP contribution in [-0.2, 0) is 9.05 Å². The van der Waals surface area contributed by atoms with Crippen LogP contribution in [0.5, 0.6) is 0 Å². The predicted molar refractivity (Wildman–Crippen MR) is 76.4 cm³/mol. The van der Waals surface area contributed by atoms with E-state index in [-0.39, 0.29) is 16.8 Å². The first-order chi connectivity index (χ1) is 8.79. The number of halogens is 1. The van der Waals surface area contributed by atoms with E-state index >= 15 is 0 Å². The summed E-state index contributed by atoms with van der Waals surface area (Å²) in [7, 11) is 1.53. The summed E-state index contributed by atoms with van der Waals surface area (Å²) in [6, 6.07) is 1.48. The largest absolute Gasteiger partial charge is 0.349 e. The van der Waals surface area contributed by atoms with Gasteiger partial charge in [0.25, 0.3) is 15.0 Å². The molecule has 1 heterocycles. The Morgan fingerprint density at radius 2 is 2.16 bits per heavy atom. The molecule has 1 atom stereocenters. The summed E-state index contributed by atoms with van der Waals surface area (Å²) in [6.45, 7) is 3.63. The van der Waals surface area contributed by atoms with Gasteiger partial charge in [0.1, 0.15) is 0 Å². The van der Waals surface area contributed by atoms with Crippen molar-refractivity contribution in [3.63, 3.8) is 0 Å². The molecule has 1 amide bonds. The van der Waals surface area contributed by atoms with Gasteiger partial charge in [-0.05, 0) is 38.7 Å². The molecule has 1 fully saturated rings. The first-order valence-electron chi connectivity index (χ1n) is 6.15. The molecule has 1 aromatic rings. The molecule has 0 spiro atoms. The van der Waals surface area contributed by atoms with Crippen LogP contribution < -0.4 is 5.32 Å². The molecule has 0 bridgehead atoms. The number of aryl methyl sites for hydroxylation is 1. The van der Waals surface area contributed by atoms with Gasteiger partial charge in [-0.15, -0.1) is 11.3 Å². The molecule has 1 saturated carbocycles. The molecule has 106 valence electrons. The minimum Gasteiger partial charge on any atom is -0.349 e. The molecular formula is C12H16ClNO3S2. The van der Waals surface area contributed by atoms with Gasteiger partial charge >= 0.3 is 0 Å². The Morgan fingerprint density at radius 3 is 2.58 bits per heavy atom. The van der Waals surface area contributed by atoms with Crippen molar-refractivity contribution < 1.29 is 13.2 Å². The van der Waals surface area contributed by atoms with Crippen LogP contribution in [0.25, 0.3) is 0 Å². The molecule has 19 heavy (non-hydrogen) atoms. The summed E-state index contributed by atoms with van der Waals surface area (Å²) in [5.41, 5.74) is 0. The second-order valence-corrected chi connectivity index (χ2v) is 8.71. The molecule has 0 aromatic carbocycles. The van der Waals surface area contributed by atoms with Gasteiger partial charge in [-0.25, -0.2) is 8.42 Å². The van der Waals surface area contributed by atoms with Gasteiger partial charge in [0.15, 0.2) is 0 Å². The quantitative estimate of drug-likeness (QED) is 0.867. The molecule has 1 aliphatic rings. The Hall–Kier alpha value is -0.590. The highest BCUT2D eigenvalue weighted by molar-refractivity contribution is 8.13. The van der Waals surface area contributed by atoms with E-state index in [2.05, 4.69) is 5.32 Å². The number of nitrogens with one attached hydrogen (secondary N) is 1. The Balaban J connectivity index is 2.11. The number of carbonyl (C=O) groups excluding carboxylic acids is 1. The molecule has 0 aliphatic heterocycles.